The molecule has 0 saturated carbocycles. The predicted octanol–water partition coefficient (Wildman–Crippen LogP) is 1.04. The van der Waals surface area contributed by atoms with Crippen molar-refractivity contribution in [1.29, 1.82) is 0 Å². The van der Waals surface area contributed by atoms with Crippen molar-refractivity contribution in [3.05, 3.63) is 0 Å². The van der Waals surface area contributed by atoms with Gasteiger partial charge in [-0.3, -0.25) is 14.6 Å². The van der Waals surface area contributed by atoms with E-state index in [1.54, 1.807) is 0 Å². The number of hydrogen-bond acceptors (Lipinski definition) is 4. The second kappa shape index (κ2) is 8.71. The molecule has 1 amide bonds. The van der Waals surface area contributed by atoms with Gasteiger partial charge in [0.1, 0.15) is 0 Å². The lowest BCUT2D eigenvalue weighted by atomic mass is 10.1. The van der Waals surface area contributed by atoms with E-state index in [2.05, 4.69) is 16.7 Å². The molecule has 0 aromatic carbocycles. The van der Waals surface area contributed by atoms with Crippen LogP contribution >= 0.6 is 0 Å². The average molecular weight is 297 g/mol. The highest BCUT2D eigenvalue weighted by molar-refractivity contribution is 5.78. The van der Waals surface area contributed by atoms with E-state index in [1.807, 2.05) is 11.8 Å². The molecule has 5 heteroatoms. The first-order valence-electron chi connectivity index (χ1n) is 8.56. The van der Waals surface area contributed by atoms with Gasteiger partial charge in [0.15, 0.2) is 0 Å². The van der Waals surface area contributed by atoms with Crippen molar-refractivity contribution in [2.45, 2.75) is 39.2 Å². The first-order valence-corrected chi connectivity index (χ1v) is 8.56. The Bertz CT molecular complexity index is 319. The third kappa shape index (κ3) is 4.94. The van der Waals surface area contributed by atoms with Crippen LogP contribution in [0.2, 0.25) is 0 Å². The second-order valence-corrected chi connectivity index (χ2v) is 6.12. The maximum absolute atomic E-state index is 12.3. The number of piperazine rings is 1. The molecule has 0 aromatic heterocycles. The third-order valence-electron chi connectivity index (χ3n) is 4.70. The van der Waals surface area contributed by atoms with E-state index in [4.69, 9.17) is 4.74 Å². The molecule has 2 aliphatic heterocycles. The summed E-state index contributed by atoms with van der Waals surface area (Å²) in [6.07, 6.45) is 3.49. The first kappa shape index (κ1) is 16.7. The predicted molar refractivity (Wildman–Crippen MR) is 84.4 cm³/mol. The normalized spacial score (nSPS) is 24.7. The molecule has 0 bridgehead atoms. The summed E-state index contributed by atoms with van der Waals surface area (Å²) in [5.74, 6) is 0.324. The van der Waals surface area contributed by atoms with Gasteiger partial charge >= 0.3 is 0 Å². The zero-order chi connectivity index (χ0) is 15.1. The van der Waals surface area contributed by atoms with Gasteiger partial charge < -0.3 is 9.64 Å². The molecule has 2 rings (SSSR count). The van der Waals surface area contributed by atoms with Crippen LogP contribution < -0.4 is 0 Å². The minimum absolute atomic E-state index is 0.324. The molecule has 0 spiro atoms. The Kier molecular flexibility index (Phi) is 6.93. The van der Waals surface area contributed by atoms with Gasteiger partial charge in [0, 0.05) is 51.9 Å². The Morgan fingerprint density at radius 2 is 1.90 bits per heavy atom. The van der Waals surface area contributed by atoms with Crippen LogP contribution in [-0.2, 0) is 9.53 Å². The maximum atomic E-state index is 12.3. The summed E-state index contributed by atoms with van der Waals surface area (Å²) >= 11 is 0. The van der Waals surface area contributed by atoms with Gasteiger partial charge in [-0.2, -0.15) is 0 Å². The van der Waals surface area contributed by atoms with E-state index >= 15 is 0 Å². The number of hydrogen-bond donors (Lipinski definition) is 0. The molecule has 0 aliphatic carbocycles. The van der Waals surface area contributed by atoms with Crippen molar-refractivity contribution in [3.8, 4) is 0 Å². The van der Waals surface area contributed by atoms with Crippen molar-refractivity contribution >= 4 is 5.91 Å². The Morgan fingerprint density at radius 1 is 1.14 bits per heavy atom. The van der Waals surface area contributed by atoms with Crippen molar-refractivity contribution in [3.63, 3.8) is 0 Å². The van der Waals surface area contributed by atoms with Crippen LogP contribution in [0.1, 0.15) is 33.1 Å². The Balaban J connectivity index is 1.75. The van der Waals surface area contributed by atoms with Crippen LogP contribution in [-0.4, -0.2) is 85.7 Å². The Hall–Kier alpha value is -0.650. The lowest BCUT2D eigenvalue weighted by Crippen LogP contribution is -2.55. The number of nitrogens with zero attached hydrogens (tertiary/aromatic N) is 3. The van der Waals surface area contributed by atoms with Crippen molar-refractivity contribution in [2.24, 2.45) is 0 Å². The highest BCUT2D eigenvalue weighted by Gasteiger charge is 2.28. The van der Waals surface area contributed by atoms with Gasteiger partial charge in [0.25, 0.3) is 0 Å². The SMILES string of the molecule is CCOCCN1CCN(CC(=O)N2CCCC2)C[C@H]1CC. The number of carbonyl (C=O) groups excluding carboxylic acids is 1. The summed E-state index contributed by atoms with van der Waals surface area (Å²) in [7, 11) is 0. The van der Waals surface area contributed by atoms with Crippen LogP contribution in [0.3, 0.4) is 0 Å². The molecular formula is C16H31N3O2. The molecule has 0 N–H and O–H groups in total. The fourth-order valence-electron chi connectivity index (χ4n) is 3.37. The van der Waals surface area contributed by atoms with Crippen LogP contribution in [0.15, 0.2) is 0 Å². The molecule has 21 heavy (non-hydrogen) atoms. The van der Waals surface area contributed by atoms with Gasteiger partial charge in [0.2, 0.25) is 5.91 Å². The van der Waals surface area contributed by atoms with Gasteiger partial charge in [-0.1, -0.05) is 6.92 Å². The molecule has 5 nitrogen and oxygen atoms in total. The number of amides is 1. The lowest BCUT2D eigenvalue weighted by Gasteiger charge is -2.41. The third-order valence-corrected chi connectivity index (χ3v) is 4.70. The molecule has 0 radical (unpaired) electrons. The zero-order valence-corrected chi connectivity index (χ0v) is 13.7. The Morgan fingerprint density at radius 3 is 2.57 bits per heavy atom. The highest BCUT2D eigenvalue weighted by Crippen LogP contribution is 2.14. The average Bonchev–Trinajstić information content (AvgIpc) is 3.03. The van der Waals surface area contributed by atoms with Crippen molar-refractivity contribution in [1.82, 2.24) is 14.7 Å². The standard InChI is InChI=1S/C16H31N3O2/c1-3-15-13-17(9-10-18(15)11-12-21-4-2)14-16(20)19-7-5-6-8-19/h15H,3-14H2,1-2H3/t15-/m1/s1. The van der Waals surface area contributed by atoms with E-state index in [-0.39, 0.29) is 0 Å². The lowest BCUT2D eigenvalue weighted by molar-refractivity contribution is -0.132. The van der Waals surface area contributed by atoms with E-state index < -0.39 is 0 Å². The molecular weight excluding hydrogens is 266 g/mol. The van der Waals surface area contributed by atoms with E-state index in [1.165, 1.54) is 12.8 Å². The van der Waals surface area contributed by atoms with E-state index in [9.17, 15) is 4.79 Å². The van der Waals surface area contributed by atoms with Gasteiger partial charge in [-0.05, 0) is 26.2 Å². The highest BCUT2D eigenvalue weighted by atomic mass is 16.5. The van der Waals surface area contributed by atoms with Gasteiger partial charge in [-0.15, -0.1) is 0 Å². The van der Waals surface area contributed by atoms with Crippen molar-refractivity contribution in [2.75, 3.05) is 59.0 Å². The number of carbonyl (C=O) groups is 1. The summed E-state index contributed by atoms with van der Waals surface area (Å²) in [5.41, 5.74) is 0. The molecule has 2 heterocycles. The molecule has 0 unspecified atom stereocenters. The van der Waals surface area contributed by atoms with Crippen LogP contribution in [0.25, 0.3) is 0 Å². The van der Waals surface area contributed by atoms with Crippen LogP contribution in [0, 0.1) is 0 Å². The van der Waals surface area contributed by atoms with Crippen LogP contribution in [0.5, 0.6) is 0 Å². The van der Waals surface area contributed by atoms with Gasteiger partial charge in [0.05, 0.1) is 13.2 Å². The monoisotopic (exact) mass is 297 g/mol. The van der Waals surface area contributed by atoms with Crippen molar-refractivity contribution < 1.29 is 9.53 Å². The van der Waals surface area contributed by atoms with E-state index in [0.29, 0.717) is 18.5 Å². The summed E-state index contributed by atoms with van der Waals surface area (Å²) < 4.78 is 5.47. The summed E-state index contributed by atoms with van der Waals surface area (Å²) in [5, 5.41) is 0. The molecule has 122 valence electrons. The summed E-state index contributed by atoms with van der Waals surface area (Å²) in [6, 6.07) is 0.561. The van der Waals surface area contributed by atoms with Gasteiger partial charge in [-0.25, -0.2) is 0 Å². The molecule has 2 saturated heterocycles. The number of rotatable bonds is 7. The minimum Gasteiger partial charge on any atom is -0.380 e. The summed E-state index contributed by atoms with van der Waals surface area (Å²) in [4.78, 5) is 19.1. The quantitative estimate of drug-likeness (QED) is 0.658. The fraction of sp³-hybridized carbons (Fsp3) is 0.938. The van der Waals surface area contributed by atoms with Crippen LogP contribution in [0.4, 0.5) is 0 Å². The number of likely N-dealkylation sites (tertiary alicyclic amines) is 1. The molecule has 2 aliphatic rings. The number of ether oxygens (including phenoxy) is 1. The first-order chi connectivity index (χ1) is 10.2. The molecule has 0 aromatic rings. The topological polar surface area (TPSA) is 36.0 Å². The minimum atomic E-state index is 0.324. The Labute approximate surface area is 129 Å². The summed E-state index contributed by atoms with van der Waals surface area (Å²) in [6.45, 7) is 12.5. The fourth-order valence-corrected chi connectivity index (χ4v) is 3.37. The largest absolute Gasteiger partial charge is 0.380 e. The smallest absolute Gasteiger partial charge is 0.236 e. The second-order valence-electron chi connectivity index (χ2n) is 6.12. The van der Waals surface area contributed by atoms with E-state index in [0.717, 1.165) is 58.9 Å². The molecule has 1 atom stereocenters. The maximum Gasteiger partial charge on any atom is 0.236 e. The zero-order valence-electron chi connectivity index (χ0n) is 13.7. The molecule has 2 fully saturated rings.